The van der Waals surface area contributed by atoms with Crippen molar-refractivity contribution in [1.29, 1.82) is 0 Å². The van der Waals surface area contributed by atoms with Gasteiger partial charge in [0.05, 0.1) is 6.61 Å². The number of rotatable bonds is 8. The van der Waals surface area contributed by atoms with Crippen LogP contribution in [0.4, 0.5) is 4.79 Å². The highest BCUT2D eigenvalue weighted by atomic mass is 16.5. The van der Waals surface area contributed by atoms with Crippen LogP contribution in [0.25, 0.3) is 0 Å². The second-order valence-corrected chi connectivity index (χ2v) is 5.63. The highest BCUT2D eigenvalue weighted by Crippen LogP contribution is 2.39. The molecule has 0 aliphatic heterocycles. The second-order valence-electron chi connectivity index (χ2n) is 5.63. The molecule has 6 heteroatoms. The summed E-state index contributed by atoms with van der Waals surface area (Å²) in [7, 11) is 0. The number of hydrogen-bond acceptors (Lipinski definition) is 3. The van der Waals surface area contributed by atoms with E-state index in [1.165, 1.54) is 0 Å². The van der Waals surface area contributed by atoms with Crippen LogP contribution in [-0.4, -0.2) is 42.4 Å². The maximum atomic E-state index is 11.7. The zero-order valence-electron chi connectivity index (χ0n) is 11.9. The molecule has 0 aromatic rings. The molecule has 1 fully saturated rings. The third-order valence-electron chi connectivity index (χ3n) is 3.19. The number of hydrogen-bond donors (Lipinski definition) is 3. The number of carboxylic acid groups (broad SMARTS) is 1. The normalized spacial score (nSPS) is 17.9. The van der Waals surface area contributed by atoms with Gasteiger partial charge in [-0.3, -0.25) is 0 Å². The zero-order valence-corrected chi connectivity index (χ0v) is 11.9. The van der Waals surface area contributed by atoms with Crippen LogP contribution >= 0.6 is 0 Å². The fourth-order valence-electron chi connectivity index (χ4n) is 1.83. The lowest BCUT2D eigenvalue weighted by Gasteiger charge is -2.26. The molecule has 0 aromatic carbocycles. The maximum absolute atomic E-state index is 11.7. The molecule has 1 unspecified atom stereocenters. The molecule has 110 valence electrons. The minimum Gasteiger partial charge on any atom is -0.480 e. The van der Waals surface area contributed by atoms with Gasteiger partial charge in [-0.05, 0) is 31.6 Å². The first-order valence-corrected chi connectivity index (χ1v) is 6.73. The quantitative estimate of drug-likeness (QED) is 0.580. The maximum Gasteiger partial charge on any atom is 0.329 e. The van der Waals surface area contributed by atoms with Crippen LogP contribution in [0.1, 0.15) is 33.6 Å². The molecular formula is C13H24N2O4. The van der Waals surface area contributed by atoms with Gasteiger partial charge >= 0.3 is 12.0 Å². The van der Waals surface area contributed by atoms with E-state index >= 15 is 0 Å². The molecule has 0 bridgehead atoms. The summed E-state index contributed by atoms with van der Waals surface area (Å²) < 4.78 is 5.32. The molecule has 1 aliphatic rings. The third kappa shape index (κ3) is 5.06. The summed E-state index contributed by atoms with van der Waals surface area (Å²) in [6.07, 6.45) is 1.70. The predicted octanol–water partition coefficient (Wildman–Crippen LogP) is 1.21. The van der Waals surface area contributed by atoms with Crippen LogP contribution in [0.3, 0.4) is 0 Å². The molecule has 0 aromatic heterocycles. The lowest BCUT2D eigenvalue weighted by atomic mass is 9.96. The summed E-state index contributed by atoms with van der Waals surface area (Å²) in [5.74, 6) is -0.492. The lowest BCUT2D eigenvalue weighted by molar-refractivity contribution is -0.144. The molecule has 0 heterocycles. The number of ether oxygens (including phenoxy) is 1. The van der Waals surface area contributed by atoms with E-state index in [1.807, 2.05) is 13.8 Å². The first-order chi connectivity index (χ1) is 8.86. The number of urea groups is 1. The number of nitrogens with one attached hydrogen (secondary N) is 2. The van der Waals surface area contributed by atoms with Crippen LogP contribution in [-0.2, 0) is 9.53 Å². The minimum atomic E-state index is -1.16. The first-order valence-electron chi connectivity index (χ1n) is 6.73. The van der Waals surface area contributed by atoms with Crippen LogP contribution in [0.15, 0.2) is 0 Å². The van der Waals surface area contributed by atoms with E-state index in [9.17, 15) is 14.7 Å². The minimum absolute atomic E-state index is 0.0351. The first kappa shape index (κ1) is 15.8. The molecule has 0 radical (unpaired) electrons. The summed E-state index contributed by atoms with van der Waals surface area (Å²) in [6.45, 7) is 7.11. The van der Waals surface area contributed by atoms with E-state index in [0.29, 0.717) is 25.7 Å². The van der Waals surface area contributed by atoms with Crippen LogP contribution in [0, 0.1) is 11.8 Å². The Bertz CT molecular complexity index is 329. The summed E-state index contributed by atoms with van der Waals surface area (Å²) in [5, 5.41) is 14.4. The van der Waals surface area contributed by atoms with E-state index in [1.54, 1.807) is 6.92 Å². The number of amides is 2. The van der Waals surface area contributed by atoms with E-state index in [-0.39, 0.29) is 5.92 Å². The van der Waals surface area contributed by atoms with Gasteiger partial charge in [0, 0.05) is 13.2 Å². The summed E-state index contributed by atoms with van der Waals surface area (Å²) >= 11 is 0. The molecule has 0 spiro atoms. The molecule has 1 aliphatic carbocycles. The number of carboxylic acids is 1. The third-order valence-corrected chi connectivity index (χ3v) is 3.19. The Hall–Kier alpha value is -1.30. The molecule has 6 nitrogen and oxygen atoms in total. The van der Waals surface area contributed by atoms with Crippen LogP contribution in [0.2, 0.25) is 0 Å². The molecule has 3 N–H and O–H groups in total. The second kappa shape index (κ2) is 6.75. The van der Waals surface area contributed by atoms with Gasteiger partial charge in [-0.25, -0.2) is 9.59 Å². The van der Waals surface area contributed by atoms with Gasteiger partial charge in [0.1, 0.15) is 5.54 Å². The van der Waals surface area contributed by atoms with Gasteiger partial charge in [-0.1, -0.05) is 13.8 Å². The standard InChI is InChI=1S/C13H24N2O4/c1-9(2)8-19-7-6-14-12(18)15-13(3,11(16)17)10-4-5-10/h9-10H,4-8H2,1-3H3,(H,16,17)(H2,14,15,18). The van der Waals surface area contributed by atoms with Gasteiger partial charge in [0.2, 0.25) is 0 Å². The average Bonchev–Trinajstić information content (AvgIpc) is 3.11. The Morgan fingerprint density at radius 3 is 2.53 bits per heavy atom. The van der Waals surface area contributed by atoms with Crippen molar-refractivity contribution in [2.75, 3.05) is 19.8 Å². The Morgan fingerprint density at radius 1 is 1.42 bits per heavy atom. The fraction of sp³-hybridized carbons (Fsp3) is 0.846. The van der Waals surface area contributed by atoms with E-state index < -0.39 is 17.5 Å². The molecule has 1 rings (SSSR count). The van der Waals surface area contributed by atoms with Gasteiger partial charge in [-0.15, -0.1) is 0 Å². The topological polar surface area (TPSA) is 87.7 Å². The highest BCUT2D eigenvalue weighted by molar-refractivity contribution is 5.86. The van der Waals surface area contributed by atoms with E-state index in [2.05, 4.69) is 10.6 Å². The SMILES string of the molecule is CC(C)COCCNC(=O)NC(C)(C(=O)O)C1CC1. The van der Waals surface area contributed by atoms with Crippen molar-refractivity contribution in [2.45, 2.75) is 39.2 Å². The van der Waals surface area contributed by atoms with E-state index in [0.717, 1.165) is 12.8 Å². The molecule has 1 atom stereocenters. The Morgan fingerprint density at radius 2 is 2.05 bits per heavy atom. The Balaban J connectivity index is 2.24. The van der Waals surface area contributed by atoms with Crippen molar-refractivity contribution in [2.24, 2.45) is 11.8 Å². The van der Waals surface area contributed by atoms with Crippen molar-refractivity contribution in [3.63, 3.8) is 0 Å². The summed E-state index contributed by atoms with van der Waals surface area (Å²) in [5.41, 5.74) is -1.16. The largest absolute Gasteiger partial charge is 0.480 e. The summed E-state index contributed by atoms with van der Waals surface area (Å²) in [6, 6.07) is -0.454. The van der Waals surface area contributed by atoms with Crippen LogP contribution in [0.5, 0.6) is 0 Å². The number of carbonyl (C=O) groups is 2. The molecule has 0 saturated heterocycles. The van der Waals surface area contributed by atoms with Crippen molar-refractivity contribution < 1.29 is 19.4 Å². The Labute approximate surface area is 113 Å². The van der Waals surface area contributed by atoms with Crippen molar-refractivity contribution >= 4 is 12.0 Å². The number of carbonyl (C=O) groups excluding carboxylic acids is 1. The molecular weight excluding hydrogens is 248 g/mol. The predicted molar refractivity (Wildman–Crippen MR) is 71.0 cm³/mol. The molecule has 1 saturated carbocycles. The van der Waals surface area contributed by atoms with E-state index in [4.69, 9.17) is 4.74 Å². The van der Waals surface area contributed by atoms with Gasteiger partial charge in [-0.2, -0.15) is 0 Å². The monoisotopic (exact) mass is 272 g/mol. The average molecular weight is 272 g/mol. The van der Waals surface area contributed by atoms with Crippen molar-refractivity contribution in [3.05, 3.63) is 0 Å². The smallest absolute Gasteiger partial charge is 0.329 e. The fourth-order valence-corrected chi connectivity index (χ4v) is 1.83. The lowest BCUT2D eigenvalue weighted by Crippen LogP contribution is -2.57. The van der Waals surface area contributed by atoms with Gasteiger partial charge in [0.15, 0.2) is 0 Å². The number of aliphatic carboxylic acids is 1. The van der Waals surface area contributed by atoms with Crippen molar-refractivity contribution in [3.8, 4) is 0 Å². The molecule has 19 heavy (non-hydrogen) atoms. The molecule has 2 amide bonds. The van der Waals surface area contributed by atoms with Crippen LogP contribution < -0.4 is 10.6 Å². The van der Waals surface area contributed by atoms with Gasteiger partial charge in [0.25, 0.3) is 0 Å². The Kier molecular flexibility index (Phi) is 5.60. The summed E-state index contributed by atoms with van der Waals surface area (Å²) in [4.78, 5) is 22.9. The highest BCUT2D eigenvalue weighted by Gasteiger charge is 2.48. The zero-order chi connectivity index (χ0) is 14.5. The van der Waals surface area contributed by atoms with Gasteiger partial charge < -0.3 is 20.5 Å². The van der Waals surface area contributed by atoms with Crippen molar-refractivity contribution in [1.82, 2.24) is 10.6 Å².